The van der Waals surface area contributed by atoms with Gasteiger partial charge in [0, 0.05) is 18.8 Å². The Morgan fingerprint density at radius 3 is 2.40 bits per heavy atom. The second kappa shape index (κ2) is 4.20. The molecule has 5 heteroatoms. The number of hydrogen-bond donors (Lipinski definition) is 2. The van der Waals surface area contributed by atoms with E-state index in [0.29, 0.717) is 18.4 Å². The maximum atomic E-state index is 12.9. The van der Waals surface area contributed by atoms with Gasteiger partial charge in [-0.2, -0.15) is 0 Å². The fourth-order valence-corrected chi connectivity index (χ4v) is 1.81. The molecule has 0 unspecified atom stereocenters. The minimum atomic E-state index is -1.44. The Morgan fingerprint density at radius 2 is 1.93 bits per heavy atom. The topological polar surface area (TPSA) is 43.7 Å². The van der Waals surface area contributed by atoms with E-state index in [0.717, 1.165) is 12.2 Å². The number of hydrogen-bond acceptors (Lipinski definition) is 3. The van der Waals surface area contributed by atoms with Crippen LogP contribution >= 0.6 is 0 Å². The van der Waals surface area contributed by atoms with Crippen LogP contribution in [0, 0.1) is 0 Å². The lowest BCUT2D eigenvalue weighted by Crippen LogP contribution is -2.30. The van der Waals surface area contributed by atoms with Crippen molar-refractivity contribution in [2.45, 2.75) is 12.6 Å². The van der Waals surface area contributed by atoms with E-state index in [4.69, 9.17) is 10.0 Å². The van der Waals surface area contributed by atoms with Crippen LogP contribution in [0.25, 0.3) is 0 Å². The van der Waals surface area contributed by atoms with Gasteiger partial charge in [0.05, 0.1) is 0 Å². The third-order valence-corrected chi connectivity index (χ3v) is 2.69. The van der Waals surface area contributed by atoms with Crippen LogP contribution in [0.1, 0.15) is 6.42 Å². The molecule has 0 spiro atoms. The summed E-state index contributed by atoms with van der Waals surface area (Å²) in [5.41, 5.74) is 1.38. The Bertz CT molecular complexity index is 331. The van der Waals surface area contributed by atoms with E-state index < -0.39 is 13.3 Å². The molecule has 15 heavy (non-hydrogen) atoms. The van der Waals surface area contributed by atoms with Gasteiger partial charge in [-0.25, -0.2) is 4.39 Å². The maximum absolute atomic E-state index is 12.9. The molecule has 0 bridgehead atoms. The molecule has 0 saturated carbocycles. The summed E-state index contributed by atoms with van der Waals surface area (Å²) in [5.74, 6) is 0. The van der Waals surface area contributed by atoms with Gasteiger partial charge < -0.3 is 14.9 Å². The Labute approximate surface area is 88.3 Å². The molecule has 1 aliphatic heterocycles. The highest BCUT2D eigenvalue weighted by Gasteiger charge is 2.22. The van der Waals surface area contributed by atoms with Gasteiger partial charge in [0.2, 0.25) is 0 Å². The van der Waals surface area contributed by atoms with Crippen molar-refractivity contribution >= 4 is 18.3 Å². The number of alkyl halides is 1. The second-order valence-corrected chi connectivity index (χ2v) is 3.80. The van der Waals surface area contributed by atoms with Crippen LogP contribution in [-0.2, 0) is 0 Å². The summed E-state index contributed by atoms with van der Waals surface area (Å²) in [7, 11) is -1.44. The first kappa shape index (κ1) is 10.5. The molecule has 1 aromatic rings. The van der Waals surface area contributed by atoms with Crippen LogP contribution in [-0.4, -0.2) is 36.4 Å². The first-order valence-corrected chi connectivity index (χ1v) is 5.02. The van der Waals surface area contributed by atoms with Crippen LogP contribution in [0.3, 0.4) is 0 Å². The Balaban J connectivity index is 2.10. The third kappa shape index (κ3) is 2.30. The van der Waals surface area contributed by atoms with Crippen LogP contribution in [0.15, 0.2) is 24.3 Å². The van der Waals surface area contributed by atoms with E-state index in [2.05, 4.69) is 0 Å². The smallest absolute Gasteiger partial charge is 0.423 e. The molecule has 1 heterocycles. The summed E-state index contributed by atoms with van der Waals surface area (Å²) in [5, 5.41) is 17.8. The lowest BCUT2D eigenvalue weighted by Gasteiger charge is -2.17. The molecule has 0 radical (unpaired) electrons. The largest absolute Gasteiger partial charge is 0.488 e. The van der Waals surface area contributed by atoms with E-state index in [-0.39, 0.29) is 0 Å². The van der Waals surface area contributed by atoms with Gasteiger partial charge in [-0.1, -0.05) is 12.1 Å². The van der Waals surface area contributed by atoms with Gasteiger partial charge in [-0.05, 0) is 24.0 Å². The lowest BCUT2D eigenvalue weighted by atomic mass is 9.80. The highest BCUT2D eigenvalue weighted by atomic mass is 19.1. The number of anilines is 1. The summed E-state index contributed by atoms with van der Waals surface area (Å²) < 4.78 is 12.9. The van der Waals surface area contributed by atoms with Gasteiger partial charge >= 0.3 is 7.12 Å². The summed E-state index contributed by atoms with van der Waals surface area (Å²) in [6.45, 7) is 1.16. The third-order valence-electron chi connectivity index (χ3n) is 2.69. The fraction of sp³-hybridized carbons (Fsp3) is 0.400. The Morgan fingerprint density at radius 1 is 1.27 bits per heavy atom. The van der Waals surface area contributed by atoms with Crippen LogP contribution < -0.4 is 10.4 Å². The monoisotopic (exact) mass is 209 g/mol. The van der Waals surface area contributed by atoms with E-state index in [1.165, 1.54) is 0 Å². The molecule has 0 amide bonds. The van der Waals surface area contributed by atoms with Gasteiger partial charge in [0.15, 0.2) is 0 Å². The molecule has 1 atom stereocenters. The quantitative estimate of drug-likeness (QED) is 0.669. The zero-order valence-electron chi connectivity index (χ0n) is 8.31. The van der Waals surface area contributed by atoms with Gasteiger partial charge in [0.1, 0.15) is 6.17 Å². The molecule has 2 N–H and O–H groups in total. The van der Waals surface area contributed by atoms with Crippen molar-refractivity contribution in [2.75, 3.05) is 18.0 Å². The predicted molar refractivity (Wildman–Crippen MR) is 58.0 cm³/mol. The second-order valence-electron chi connectivity index (χ2n) is 3.80. The molecule has 0 aromatic heterocycles. The average Bonchev–Trinajstić information content (AvgIpc) is 2.65. The molecule has 1 fully saturated rings. The summed E-state index contributed by atoms with van der Waals surface area (Å²) in [6, 6.07) is 6.86. The first-order chi connectivity index (χ1) is 7.16. The Kier molecular flexibility index (Phi) is 2.93. The number of rotatable bonds is 2. The first-order valence-electron chi connectivity index (χ1n) is 5.02. The standard InChI is InChI=1S/C10H13BFNO2/c12-9-5-6-13(7-9)10-3-1-8(2-4-10)11(14)15/h1-4,9,14-15H,5-7H2/t9-/m0/s1. The van der Waals surface area contributed by atoms with E-state index >= 15 is 0 Å². The van der Waals surface area contributed by atoms with Crippen molar-refractivity contribution in [2.24, 2.45) is 0 Å². The maximum Gasteiger partial charge on any atom is 0.488 e. The van der Waals surface area contributed by atoms with Gasteiger partial charge in [-0.15, -0.1) is 0 Å². The van der Waals surface area contributed by atoms with Crippen molar-refractivity contribution in [3.63, 3.8) is 0 Å². The van der Waals surface area contributed by atoms with Gasteiger partial charge in [-0.3, -0.25) is 0 Å². The molecule has 80 valence electrons. The van der Waals surface area contributed by atoms with E-state index in [9.17, 15) is 4.39 Å². The minimum Gasteiger partial charge on any atom is -0.423 e. The fourth-order valence-electron chi connectivity index (χ4n) is 1.81. The van der Waals surface area contributed by atoms with Crippen molar-refractivity contribution in [3.05, 3.63) is 24.3 Å². The zero-order valence-corrected chi connectivity index (χ0v) is 8.31. The van der Waals surface area contributed by atoms with Crippen molar-refractivity contribution < 1.29 is 14.4 Å². The van der Waals surface area contributed by atoms with Crippen LogP contribution in [0.4, 0.5) is 10.1 Å². The molecular weight excluding hydrogens is 196 g/mol. The number of benzene rings is 1. The lowest BCUT2D eigenvalue weighted by molar-refractivity contribution is 0.364. The predicted octanol–water partition coefficient (Wildman–Crippen LogP) is -0.0854. The molecule has 3 nitrogen and oxygen atoms in total. The van der Waals surface area contributed by atoms with Crippen molar-refractivity contribution in [1.82, 2.24) is 0 Å². The summed E-state index contributed by atoms with van der Waals surface area (Å²) >= 11 is 0. The van der Waals surface area contributed by atoms with Crippen LogP contribution in [0.2, 0.25) is 0 Å². The van der Waals surface area contributed by atoms with E-state index in [1.807, 2.05) is 4.90 Å². The van der Waals surface area contributed by atoms with Gasteiger partial charge in [0.25, 0.3) is 0 Å². The number of nitrogens with zero attached hydrogens (tertiary/aromatic N) is 1. The Hall–Kier alpha value is -1.07. The highest BCUT2D eigenvalue weighted by Crippen LogP contribution is 2.20. The SMILES string of the molecule is OB(O)c1ccc(N2CC[C@H](F)C2)cc1. The molecule has 0 aliphatic carbocycles. The minimum absolute atomic E-state index is 0.432. The van der Waals surface area contributed by atoms with Crippen LogP contribution in [0.5, 0.6) is 0 Å². The van der Waals surface area contributed by atoms with E-state index in [1.54, 1.807) is 24.3 Å². The molecule has 2 rings (SSSR count). The van der Waals surface area contributed by atoms with Crippen molar-refractivity contribution in [1.29, 1.82) is 0 Å². The molecule has 1 aromatic carbocycles. The number of halogens is 1. The highest BCUT2D eigenvalue weighted by molar-refractivity contribution is 6.58. The summed E-state index contributed by atoms with van der Waals surface area (Å²) in [4.78, 5) is 1.96. The zero-order chi connectivity index (χ0) is 10.8. The summed E-state index contributed by atoms with van der Waals surface area (Å²) in [6.07, 6.45) is -0.169. The molecular formula is C10H13BFNO2. The molecule has 1 aliphatic rings. The average molecular weight is 209 g/mol. The normalized spacial score (nSPS) is 20.7. The van der Waals surface area contributed by atoms with Crippen molar-refractivity contribution in [3.8, 4) is 0 Å². The molecule has 1 saturated heterocycles.